The van der Waals surface area contributed by atoms with Gasteiger partial charge >= 0.3 is 0 Å². The third-order valence-electron chi connectivity index (χ3n) is 2.39. The predicted octanol–water partition coefficient (Wildman–Crippen LogP) is 1.43. The Balaban J connectivity index is 2.59. The number of hydrogen-bond donors (Lipinski definition) is 2. The summed E-state index contributed by atoms with van der Waals surface area (Å²) in [6.07, 6.45) is 0.787. The average Bonchev–Trinajstić information content (AvgIpc) is 2.37. The van der Waals surface area contributed by atoms with Crippen molar-refractivity contribution in [2.24, 2.45) is 0 Å². The van der Waals surface area contributed by atoms with Crippen LogP contribution in [0.25, 0.3) is 0 Å². The lowest BCUT2D eigenvalue weighted by Gasteiger charge is -2.09. The molecule has 1 aromatic rings. The predicted molar refractivity (Wildman–Crippen MR) is 70.8 cm³/mol. The number of hydrogen-bond acceptors (Lipinski definition) is 4. The highest BCUT2D eigenvalue weighted by molar-refractivity contribution is 5.95. The summed E-state index contributed by atoms with van der Waals surface area (Å²) in [4.78, 5) is 11.8. The van der Waals surface area contributed by atoms with Gasteiger partial charge in [0.05, 0.1) is 12.3 Å². The molecule has 0 bridgehead atoms. The van der Waals surface area contributed by atoms with E-state index < -0.39 is 0 Å². The van der Waals surface area contributed by atoms with Gasteiger partial charge in [0, 0.05) is 25.8 Å². The van der Waals surface area contributed by atoms with Crippen molar-refractivity contribution in [1.82, 2.24) is 5.32 Å². The Morgan fingerprint density at radius 1 is 1.44 bits per heavy atom. The molecule has 100 valence electrons. The molecule has 0 fully saturated rings. The van der Waals surface area contributed by atoms with Crippen molar-refractivity contribution < 1.29 is 14.3 Å². The summed E-state index contributed by atoms with van der Waals surface area (Å²) in [7, 11) is 1.64. The van der Waals surface area contributed by atoms with Crippen LogP contribution in [0, 0.1) is 0 Å². The highest BCUT2D eigenvalue weighted by Gasteiger charge is 2.08. The lowest BCUT2D eigenvalue weighted by Crippen LogP contribution is -2.25. The van der Waals surface area contributed by atoms with Crippen LogP contribution in [0.1, 0.15) is 23.7 Å². The minimum absolute atomic E-state index is 0.132. The van der Waals surface area contributed by atoms with E-state index in [1.807, 2.05) is 6.92 Å². The van der Waals surface area contributed by atoms with E-state index in [1.165, 1.54) is 0 Å². The molecular formula is C13H20N2O3. The highest BCUT2D eigenvalue weighted by Crippen LogP contribution is 2.22. The van der Waals surface area contributed by atoms with Crippen LogP contribution in [0.4, 0.5) is 5.69 Å². The van der Waals surface area contributed by atoms with Crippen molar-refractivity contribution in [2.45, 2.75) is 13.3 Å². The van der Waals surface area contributed by atoms with Gasteiger partial charge in [-0.25, -0.2) is 0 Å². The molecule has 0 radical (unpaired) electrons. The van der Waals surface area contributed by atoms with Crippen molar-refractivity contribution in [3.63, 3.8) is 0 Å². The average molecular weight is 252 g/mol. The number of anilines is 1. The van der Waals surface area contributed by atoms with Gasteiger partial charge < -0.3 is 20.5 Å². The van der Waals surface area contributed by atoms with Crippen molar-refractivity contribution >= 4 is 11.6 Å². The second-order valence-corrected chi connectivity index (χ2v) is 3.79. The number of nitrogens with two attached hydrogens (primary N) is 1. The van der Waals surface area contributed by atoms with Crippen molar-refractivity contribution in [3.05, 3.63) is 23.8 Å². The molecule has 0 aromatic heterocycles. The number of amides is 1. The van der Waals surface area contributed by atoms with Gasteiger partial charge in [-0.15, -0.1) is 0 Å². The lowest BCUT2D eigenvalue weighted by molar-refractivity contribution is 0.0948. The topological polar surface area (TPSA) is 73.6 Å². The molecule has 5 heteroatoms. The molecule has 0 heterocycles. The molecule has 0 aliphatic rings. The van der Waals surface area contributed by atoms with Crippen LogP contribution >= 0.6 is 0 Å². The first kappa shape index (κ1) is 14.3. The van der Waals surface area contributed by atoms with Crippen LogP contribution < -0.4 is 15.8 Å². The molecule has 18 heavy (non-hydrogen) atoms. The van der Waals surface area contributed by atoms with E-state index in [4.69, 9.17) is 15.2 Å². The maximum atomic E-state index is 11.8. The van der Waals surface area contributed by atoms with E-state index in [0.717, 1.165) is 6.42 Å². The molecule has 0 aliphatic heterocycles. The molecule has 0 unspecified atom stereocenters. The van der Waals surface area contributed by atoms with E-state index in [2.05, 4.69) is 5.32 Å². The Bertz CT molecular complexity index is 394. The summed E-state index contributed by atoms with van der Waals surface area (Å²) in [6, 6.07) is 5.02. The molecular weight excluding hydrogens is 232 g/mol. The normalized spacial score (nSPS) is 10.1. The Morgan fingerprint density at radius 3 is 2.89 bits per heavy atom. The van der Waals surface area contributed by atoms with Crippen molar-refractivity contribution in [3.8, 4) is 5.75 Å². The summed E-state index contributed by atoms with van der Waals surface area (Å²) < 4.78 is 10.3. The van der Waals surface area contributed by atoms with E-state index >= 15 is 0 Å². The van der Waals surface area contributed by atoms with Crippen LogP contribution in [0.5, 0.6) is 5.75 Å². The number of nitrogen functional groups attached to an aromatic ring is 1. The molecule has 5 nitrogen and oxygen atoms in total. The SMILES string of the molecule is CCOc1cc(C(=O)NCCCOC)ccc1N. The first-order chi connectivity index (χ1) is 8.69. The molecule has 1 rings (SSSR count). The quantitative estimate of drug-likeness (QED) is 0.569. The Morgan fingerprint density at radius 2 is 2.22 bits per heavy atom. The number of carbonyl (C=O) groups is 1. The van der Waals surface area contributed by atoms with Gasteiger partial charge in [0.1, 0.15) is 5.75 Å². The minimum atomic E-state index is -0.132. The smallest absolute Gasteiger partial charge is 0.251 e. The van der Waals surface area contributed by atoms with Crippen LogP contribution in [0.15, 0.2) is 18.2 Å². The first-order valence-corrected chi connectivity index (χ1v) is 5.98. The zero-order chi connectivity index (χ0) is 13.4. The zero-order valence-corrected chi connectivity index (χ0v) is 10.9. The summed E-state index contributed by atoms with van der Waals surface area (Å²) in [5, 5.41) is 2.81. The summed E-state index contributed by atoms with van der Waals surface area (Å²) >= 11 is 0. The van der Waals surface area contributed by atoms with Crippen LogP contribution in [0.2, 0.25) is 0 Å². The third-order valence-corrected chi connectivity index (χ3v) is 2.39. The molecule has 0 atom stereocenters. The number of nitrogens with one attached hydrogen (secondary N) is 1. The number of carbonyl (C=O) groups excluding carboxylic acids is 1. The minimum Gasteiger partial charge on any atom is -0.492 e. The largest absolute Gasteiger partial charge is 0.492 e. The van der Waals surface area contributed by atoms with Crippen LogP contribution in [-0.4, -0.2) is 32.8 Å². The van der Waals surface area contributed by atoms with Crippen LogP contribution in [0.3, 0.4) is 0 Å². The molecule has 0 saturated carbocycles. The molecule has 1 amide bonds. The van der Waals surface area contributed by atoms with Gasteiger partial charge in [0.25, 0.3) is 5.91 Å². The zero-order valence-electron chi connectivity index (χ0n) is 10.9. The molecule has 3 N–H and O–H groups in total. The van der Waals surface area contributed by atoms with Gasteiger partial charge in [-0.2, -0.15) is 0 Å². The lowest BCUT2D eigenvalue weighted by atomic mass is 10.1. The Kier molecular flexibility index (Phi) is 6.00. The number of methoxy groups -OCH3 is 1. The summed E-state index contributed by atoms with van der Waals surface area (Å²) in [5.74, 6) is 0.411. The number of ether oxygens (including phenoxy) is 2. The second-order valence-electron chi connectivity index (χ2n) is 3.79. The molecule has 0 aliphatic carbocycles. The van der Waals surface area contributed by atoms with Gasteiger partial charge in [-0.3, -0.25) is 4.79 Å². The Hall–Kier alpha value is -1.75. The van der Waals surface area contributed by atoms with E-state index in [0.29, 0.717) is 36.8 Å². The first-order valence-electron chi connectivity index (χ1n) is 5.98. The fourth-order valence-electron chi connectivity index (χ4n) is 1.48. The van der Waals surface area contributed by atoms with Crippen molar-refractivity contribution in [1.29, 1.82) is 0 Å². The Labute approximate surface area is 107 Å². The monoisotopic (exact) mass is 252 g/mol. The van der Waals surface area contributed by atoms with Crippen LogP contribution in [-0.2, 0) is 4.74 Å². The van der Waals surface area contributed by atoms with E-state index in [-0.39, 0.29) is 5.91 Å². The maximum absolute atomic E-state index is 11.8. The maximum Gasteiger partial charge on any atom is 0.251 e. The molecule has 0 saturated heterocycles. The summed E-state index contributed by atoms with van der Waals surface area (Å²) in [6.45, 7) is 3.60. The standard InChI is InChI=1S/C13H20N2O3/c1-3-18-12-9-10(5-6-11(12)14)13(16)15-7-4-8-17-2/h5-6,9H,3-4,7-8,14H2,1-2H3,(H,15,16). The molecule has 0 spiro atoms. The second kappa shape index (κ2) is 7.55. The van der Waals surface area contributed by atoms with Gasteiger partial charge in [-0.05, 0) is 31.5 Å². The molecule has 1 aromatic carbocycles. The number of benzene rings is 1. The highest BCUT2D eigenvalue weighted by atomic mass is 16.5. The van der Waals surface area contributed by atoms with Gasteiger partial charge in [-0.1, -0.05) is 0 Å². The third kappa shape index (κ3) is 4.25. The fraction of sp³-hybridized carbons (Fsp3) is 0.462. The summed E-state index contributed by atoms with van der Waals surface area (Å²) in [5.41, 5.74) is 6.82. The van der Waals surface area contributed by atoms with Crippen molar-refractivity contribution in [2.75, 3.05) is 32.6 Å². The number of rotatable bonds is 7. The van der Waals surface area contributed by atoms with Gasteiger partial charge in [0.15, 0.2) is 0 Å². The van der Waals surface area contributed by atoms with E-state index in [9.17, 15) is 4.79 Å². The van der Waals surface area contributed by atoms with Gasteiger partial charge in [0.2, 0.25) is 0 Å². The van der Waals surface area contributed by atoms with E-state index in [1.54, 1.807) is 25.3 Å². The fourth-order valence-corrected chi connectivity index (χ4v) is 1.48.